The number of ether oxygens (including phenoxy) is 3. The van der Waals surface area contributed by atoms with Crippen molar-refractivity contribution in [3.63, 3.8) is 0 Å². The number of benzene rings is 1. The molecule has 7 nitrogen and oxygen atoms in total. The van der Waals surface area contributed by atoms with E-state index < -0.39 is 23.4 Å². The first kappa shape index (κ1) is 22.4. The molecule has 1 N–H and O–H groups in total. The molecule has 0 aliphatic heterocycles. The Kier molecular flexibility index (Phi) is 7.02. The zero-order valence-corrected chi connectivity index (χ0v) is 18.2. The van der Waals surface area contributed by atoms with Crippen molar-refractivity contribution < 1.29 is 28.6 Å². The lowest BCUT2D eigenvalue weighted by Gasteiger charge is -2.19. The van der Waals surface area contributed by atoms with Gasteiger partial charge in [0.2, 0.25) is 0 Å². The topological polar surface area (TPSA) is 90.9 Å². The molecule has 0 spiro atoms. The number of nitrogens with one attached hydrogen (secondary N) is 1. The van der Waals surface area contributed by atoms with Crippen LogP contribution >= 0.6 is 11.3 Å². The molecular weight excluding hydrogens is 394 g/mol. The molecule has 0 fully saturated rings. The quantitative estimate of drug-likeness (QED) is 0.696. The van der Waals surface area contributed by atoms with E-state index >= 15 is 0 Å². The van der Waals surface area contributed by atoms with Crippen molar-refractivity contribution in [2.45, 2.75) is 40.2 Å². The fourth-order valence-corrected chi connectivity index (χ4v) is 3.55. The molecule has 1 amide bonds. The van der Waals surface area contributed by atoms with Crippen LogP contribution in [0.4, 0.5) is 5.00 Å². The fourth-order valence-electron chi connectivity index (χ4n) is 2.49. The van der Waals surface area contributed by atoms with Crippen molar-refractivity contribution in [2.24, 2.45) is 0 Å². The van der Waals surface area contributed by atoms with Gasteiger partial charge in [0, 0.05) is 5.56 Å². The lowest BCUT2D eigenvalue weighted by molar-refractivity contribution is 0.00744. The van der Waals surface area contributed by atoms with Gasteiger partial charge in [0.05, 0.1) is 19.3 Å². The van der Waals surface area contributed by atoms with Crippen molar-refractivity contribution in [2.75, 3.05) is 19.0 Å². The van der Waals surface area contributed by atoms with Crippen LogP contribution in [-0.4, -0.2) is 37.2 Å². The lowest BCUT2D eigenvalue weighted by atomic mass is 10.1. The van der Waals surface area contributed by atoms with E-state index in [0.717, 1.165) is 11.3 Å². The third-order valence-electron chi connectivity index (χ3n) is 3.79. The third-order valence-corrected chi connectivity index (χ3v) is 4.98. The summed E-state index contributed by atoms with van der Waals surface area (Å²) in [6, 6.07) is 6.53. The molecule has 156 valence electrons. The Morgan fingerprint density at radius 2 is 1.69 bits per heavy atom. The van der Waals surface area contributed by atoms with Crippen LogP contribution in [0.2, 0.25) is 0 Å². The molecular formula is C21H25NO6S. The largest absolute Gasteiger partial charge is 0.497 e. The van der Waals surface area contributed by atoms with Gasteiger partial charge in [-0.05, 0) is 64.4 Å². The molecule has 0 saturated heterocycles. The molecule has 0 unspecified atom stereocenters. The Bertz CT molecular complexity index is 908. The van der Waals surface area contributed by atoms with Crippen LogP contribution in [0.5, 0.6) is 5.75 Å². The summed E-state index contributed by atoms with van der Waals surface area (Å²) in [5, 5.41) is 2.95. The summed E-state index contributed by atoms with van der Waals surface area (Å²) in [6.07, 6.45) is 0. The van der Waals surface area contributed by atoms with Gasteiger partial charge in [-0.15, -0.1) is 11.3 Å². The number of amides is 1. The van der Waals surface area contributed by atoms with Gasteiger partial charge in [0.15, 0.2) is 0 Å². The number of hydrogen-bond acceptors (Lipinski definition) is 7. The number of hydrogen-bond donors (Lipinski definition) is 1. The molecule has 29 heavy (non-hydrogen) atoms. The molecule has 0 bridgehead atoms. The van der Waals surface area contributed by atoms with Gasteiger partial charge in [0.25, 0.3) is 5.91 Å². The number of carbonyl (C=O) groups excluding carboxylic acids is 3. The fraction of sp³-hybridized carbons (Fsp3) is 0.381. The highest BCUT2D eigenvalue weighted by Crippen LogP contribution is 2.35. The Hall–Kier alpha value is -2.87. The number of rotatable bonds is 6. The average Bonchev–Trinajstić information content (AvgIpc) is 2.96. The van der Waals surface area contributed by atoms with E-state index in [9.17, 15) is 14.4 Å². The summed E-state index contributed by atoms with van der Waals surface area (Å²) in [5.41, 5.74) is 0.252. The minimum absolute atomic E-state index is 0.152. The van der Waals surface area contributed by atoms with Crippen LogP contribution in [0.3, 0.4) is 0 Å². The van der Waals surface area contributed by atoms with Crippen molar-refractivity contribution >= 4 is 34.2 Å². The number of carbonyl (C=O) groups is 3. The second-order valence-electron chi connectivity index (χ2n) is 7.17. The van der Waals surface area contributed by atoms with Crippen LogP contribution in [-0.2, 0) is 9.47 Å². The summed E-state index contributed by atoms with van der Waals surface area (Å²) < 4.78 is 15.6. The van der Waals surface area contributed by atoms with Crippen LogP contribution in [0.1, 0.15) is 63.6 Å². The molecule has 0 aliphatic rings. The maximum Gasteiger partial charge on any atom is 0.349 e. The SMILES string of the molecule is CCOC(=O)c1c(NC(=O)c2ccc(OC)cc2)sc(C(=O)OC(C)(C)C)c1C. The van der Waals surface area contributed by atoms with E-state index in [2.05, 4.69) is 5.32 Å². The Labute approximate surface area is 174 Å². The smallest absolute Gasteiger partial charge is 0.349 e. The molecule has 2 rings (SSSR count). The van der Waals surface area contributed by atoms with Gasteiger partial charge in [-0.3, -0.25) is 4.79 Å². The van der Waals surface area contributed by atoms with Crippen LogP contribution < -0.4 is 10.1 Å². The van der Waals surface area contributed by atoms with E-state index in [4.69, 9.17) is 14.2 Å². The molecule has 1 aromatic heterocycles. The minimum atomic E-state index is -0.690. The predicted octanol–water partition coefficient (Wildman–Crippen LogP) is 4.45. The normalized spacial score (nSPS) is 11.0. The minimum Gasteiger partial charge on any atom is -0.497 e. The highest BCUT2D eigenvalue weighted by molar-refractivity contribution is 7.18. The lowest BCUT2D eigenvalue weighted by Crippen LogP contribution is -2.23. The van der Waals surface area contributed by atoms with Crippen molar-refractivity contribution in [3.8, 4) is 5.75 Å². The van der Waals surface area contributed by atoms with E-state index in [0.29, 0.717) is 16.9 Å². The molecule has 0 atom stereocenters. The second-order valence-corrected chi connectivity index (χ2v) is 8.19. The van der Waals surface area contributed by atoms with Gasteiger partial charge < -0.3 is 19.5 Å². The molecule has 8 heteroatoms. The van der Waals surface area contributed by atoms with Crippen molar-refractivity contribution in [3.05, 3.63) is 45.8 Å². The van der Waals surface area contributed by atoms with Crippen LogP contribution in [0.25, 0.3) is 0 Å². The molecule has 1 aromatic carbocycles. The Morgan fingerprint density at radius 1 is 1.07 bits per heavy atom. The highest BCUT2D eigenvalue weighted by Gasteiger charge is 2.29. The van der Waals surface area contributed by atoms with Gasteiger partial charge in [0.1, 0.15) is 21.2 Å². The maximum absolute atomic E-state index is 12.7. The summed E-state index contributed by atoms with van der Waals surface area (Å²) in [7, 11) is 1.54. The summed E-state index contributed by atoms with van der Waals surface area (Å²) in [6.45, 7) is 8.75. The first-order valence-electron chi connectivity index (χ1n) is 9.06. The van der Waals surface area contributed by atoms with Gasteiger partial charge in [-0.25, -0.2) is 9.59 Å². The zero-order chi connectivity index (χ0) is 21.8. The van der Waals surface area contributed by atoms with Crippen LogP contribution in [0.15, 0.2) is 24.3 Å². The second kappa shape index (κ2) is 9.09. The van der Waals surface area contributed by atoms with E-state index in [1.165, 1.54) is 7.11 Å². The zero-order valence-electron chi connectivity index (χ0n) is 17.4. The Morgan fingerprint density at radius 3 is 2.21 bits per heavy atom. The Balaban J connectivity index is 2.40. The number of methoxy groups -OCH3 is 1. The average molecular weight is 419 g/mol. The van der Waals surface area contributed by atoms with E-state index in [1.54, 1.807) is 58.9 Å². The summed E-state index contributed by atoms with van der Waals surface area (Å²) >= 11 is 0.988. The monoisotopic (exact) mass is 419 g/mol. The van der Waals surface area contributed by atoms with Crippen LogP contribution in [0, 0.1) is 6.92 Å². The number of anilines is 1. The van der Waals surface area contributed by atoms with Crippen molar-refractivity contribution in [1.82, 2.24) is 0 Å². The predicted molar refractivity (Wildman–Crippen MR) is 111 cm³/mol. The van der Waals surface area contributed by atoms with Gasteiger partial charge in [-0.2, -0.15) is 0 Å². The highest BCUT2D eigenvalue weighted by atomic mass is 32.1. The number of esters is 2. The maximum atomic E-state index is 12.7. The van der Waals surface area contributed by atoms with Crippen molar-refractivity contribution in [1.29, 1.82) is 0 Å². The summed E-state index contributed by atoms with van der Waals surface area (Å²) in [4.78, 5) is 37.9. The third kappa shape index (κ3) is 5.57. The molecule has 1 heterocycles. The number of thiophene rings is 1. The standard InChI is InChI=1S/C21H25NO6S/c1-7-27-19(24)15-12(2)16(20(25)28-21(3,4)5)29-18(15)22-17(23)13-8-10-14(26-6)11-9-13/h8-11H,7H2,1-6H3,(H,22,23). The first-order valence-corrected chi connectivity index (χ1v) is 9.88. The summed E-state index contributed by atoms with van der Waals surface area (Å²) in [5.74, 6) is -0.972. The molecule has 2 aromatic rings. The van der Waals surface area contributed by atoms with E-state index in [-0.39, 0.29) is 22.0 Å². The van der Waals surface area contributed by atoms with E-state index in [1.807, 2.05) is 0 Å². The molecule has 0 radical (unpaired) electrons. The van der Waals surface area contributed by atoms with Gasteiger partial charge in [-0.1, -0.05) is 0 Å². The first-order chi connectivity index (χ1) is 13.6. The molecule has 0 aliphatic carbocycles. The molecule has 0 saturated carbocycles. The van der Waals surface area contributed by atoms with Gasteiger partial charge >= 0.3 is 11.9 Å².